The van der Waals surface area contributed by atoms with Crippen LogP contribution in [0.2, 0.25) is 0 Å². The molecular weight excluding hydrogens is 379 g/mol. The molecule has 1 saturated heterocycles. The number of nitrogens with zero attached hydrogens (tertiary/aromatic N) is 3. The summed E-state index contributed by atoms with van der Waals surface area (Å²) in [4.78, 5) is 19.1. The van der Waals surface area contributed by atoms with Crippen molar-refractivity contribution in [3.63, 3.8) is 0 Å². The summed E-state index contributed by atoms with van der Waals surface area (Å²) in [5, 5.41) is 3.02. The zero-order valence-electron chi connectivity index (χ0n) is 17.4. The molecule has 1 unspecified atom stereocenters. The highest BCUT2D eigenvalue weighted by Crippen LogP contribution is 2.27. The zero-order valence-corrected chi connectivity index (χ0v) is 17.4. The lowest BCUT2D eigenvalue weighted by molar-refractivity contribution is 0.207. The molecule has 1 aliphatic rings. The molecule has 1 aromatic heterocycles. The third-order valence-corrected chi connectivity index (χ3v) is 5.74. The Morgan fingerprint density at radius 1 is 1.10 bits per heavy atom. The Balaban J connectivity index is 1.38. The molecule has 0 bridgehead atoms. The normalized spacial score (nSPS) is 16.1. The third kappa shape index (κ3) is 4.53. The molecule has 2 aromatic carbocycles. The maximum atomic E-state index is 13.2. The van der Waals surface area contributed by atoms with Crippen LogP contribution in [0.3, 0.4) is 0 Å². The van der Waals surface area contributed by atoms with Crippen LogP contribution < -0.4 is 5.32 Å². The number of aromatic nitrogens is 2. The molecule has 6 heteroatoms. The van der Waals surface area contributed by atoms with Crippen LogP contribution in [0.15, 0.2) is 54.7 Å². The van der Waals surface area contributed by atoms with Crippen molar-refractivity contribution < 1.29 is 9.18 Å². The highest BCUT2D eigenvalue weighted by atomic mass is 19.1. The average molecular weight is 407 g/mol. The van der Waals surface area contributed by atoms with Crippen LogP contribution in [0.4, 0.5) is 9.18 Å². The summed E-state index contributed by atoms with van der Waals surface area (Å²) in [7, 11) is 0. The van der Waals surface area contributed by atoms with Gasteiger partial charge in [0.2, 0.25) is 0 Å². The van der Waals surface area contributed by atoms with Gasteiger partial charge in [-0.1, -0.05) is 42.0 Å². The Hall–Kier alpha value is -3.15. The predicted octanol–water partition coefficient (Wildman–Crippen LogP) is 4.39. The lowest BCUT2D eigenvalue weighted by Crippen LogP contribution is -2.38. The minimum atomic E-state index is -0.232. The van der Waals surface area contributed by atoms with Gasteiger partial charge in [-0.05, 0) is 43.5 Å². The number of hydrogen-bond acceptors (Lipinski definition) is 2. The van der Waals surface area contributed by atoms with Crippen LogP contribution >= 0.6 is 0 Å². The van der Waals surface area contributed by atoms with Crippen molar-refractivity contribution in [2.75, 3.05) is 13.1 Å². The zero-order chi connectivity index (χ0) is 21.1. The smallest absolute Gasteiger partial charge is 0.317 e. The van der Waals surface area contributed by atoms with E-state index in [1.807, 2.05) is 30.2 Å². The fourth-order valence-corrected chi connectivity index (χ4v) is 3.93. The molecule has 2 heterocycles. The second-order valence-corrected chi connectivity index (χ2v) is 8.05. The lowest BCUT2D eigenvalue weighted by atomic mass is 10.1. The van der Waals surface area contributed by atoms with E-state index < -0.39 is 0 Å². The van der Waals surface area contributed by atoms with E-state index in [2.05, 4.69) is 33.9 Å². The van der Waals surface area contributed by atoms with E-state index in [-0.39, 0.29) is 17.8 Å². The largest absolute Gasteiger partial charge is 0.334 e. The van der Waals surface area contributed by atoms with Crippen LogP contribution in [0.1, 0.15) is 40.5 Å². The summed E-state index contributed by atoms with van der Waals surface area (Å²) < 4.78 is 15.4. The van der Waals surface area contributed by atoms with Gasteiger partial charge in [0, 0.05) is 44.0 Å². The van der Waals surface area contributed by atoms with E-state index in [0.717, 1.165) is 29.1 Å². The van der Waals surface area contributed by atoms with E-state index in [9.17, 15) is 9.18 Å². The van der Waals surface area contributed by atoms with Gasteiger partial charge in [0.15, 0.2) is 0 Å². The maximum Gasteiger partial charge on any atom is 0.317 e. The second-order valence-electron chi connectivity index (χ2n) is 8.05. The fourth-order valence-electron chi connectivity index (χ4n) is 3.93. The van der Waals surface area contributed by atoms with E-state index in [1.54, 1.807) is 12.1 Å². The Morgan fingerprint density at radius 3 is 2.53 bits per heavy atom. The van der Waals surface area contributed by atoms with Crippen molar-refractivity contribution in [2.45, 2.75) is 39.3 Å². The quantitative estimate of drug-likeness (QED) is 0.683. The van der Waals surface area contributed by atoms with E-state index >= 15 is 0 Å². The standard InChI is InChI=1S/C24H27FN4O/c1-17-3-5-19(6-4-17)14-27-24(30)28-12-11-21(16-28)23-26-13-18(2)29(23)15-20-7-9-22(25)10-8-20/h3-10,13,21H,11-12,14-16H2,1-2H3,(H,27,30). The highest BCUT2D eigenvalue weighted by Gasteiger charge is 2.30. The number of urea groups is 1. The van der Waals surface area contributed by atoms with E-state index in [1.165, 1.54) is 17.7 Å². The van der Waals surface area contributed by atoms with Crippen molar-refractivity contribution in [1.29, 1.82) is 0 Å². The molecule has 0 radical (unpaired) electrons. The minimum absolute atomic E-state index is 0.0357. The SMILES string of the molecule is Cc1ccc(CNC(=O)N2CCC(c3ncc(C)n3Cc3ccc(F)cc3)C2)cc1. The van der Waals surface area contributed by atoms with Gasteiger partial charge in [-0.3, -0.25) is 0 Å². The number of rotatable bonds is 5. The van der Waals surface area contributed by atoms with E-state index in [4.69, 9.17) is 0 Å². The molecule has 0 saturated carbocycles. The predicted molar refractivity (Wildman–Crippen MR) is 115 cm³/mol. The minimum Gasteiger partial charge on any atom is -0.334 e. The van der Waals surface area contributed by atoms with Crippen molar-refractivity contribution in [3.8, 4) is 0 Å². The van der Waals surface area contributed by atoms with Gasteiger partial charge in [-0.15, -0.1) is 0 Å². The molecule has 30 heavy (non-hydrogen) atoms. The Morgan fingerprint density at radius 2 is 1.80 bits per heavy atom. The first-order valence-corrected chi connectivity index (χ1v) is 10.3. The Labute approximate surface area is 176 Å². The molecule has 1 aliphatic heterocycles. The average Bonchev–Trinajstić information content (AvgIpc) is 3.36. The maximum absolute atomic E-state index is 13.2. The molecule has 1 atom stereocenters. The highest BCUT2D eigenvalue weighted by molar-refractivity contribution is 5.74. The molecule has 0 spiro atoms. The van der Waals surface area contributed by atoms with E-state index in [0.29, 0.717) is 26.2 Å². The van der Waals surface area contributed by atoms with Crippen LogP contribution in [-0.4, -0.2) is 33.6 Å². The van der Waals surface area contributed by atoms with Crippen LogP contribution in [0.25, 0.3) is 0 Å². The number of amides is 2. The number of benzene rings is 2. The first-order chi connectivity index (χ1) is 14.5. The lowest BCUT2D eigenvalue weighted by Gasteiger charge is -2.18. The summed E-state index contributed by atoms with van der Waals surface area (Å²) in [6, 6.07) is 14.7. The number of carbonyl (C=O) groups excluding carboxylic acids is 1. The summed E-state index contributed by atoms with van der Waals surface area (Å²) in [5.74, 6) is 0.958. The summed E-state index contributed by atoms with van der Waals surface area (Å²) in [6.07, 6.45) is 2.76. The molecule has 1 fully saturated rings. The third-order valence-electron chi connectivity index (χ3n) is 5.74. The Bertz CT molecular complexity index is 1010. The first kappa shape index (κ1) is 20.1. The van der Waals surface area contributed by atoms with Crippen molar-refractivity contribution >= 4 is 6.03 Å². The van der Waals surface area contributed by atoms with Gasteiger partial charge in [-0.25, -0.2) is 14.2 Å². The number of likely N-dealkylation sites (tertiary alicyclic amines) is 1. The van der Waals surface area contributed by atoms with Crippen LogP contribution in [0, 0.1) is 19.7 Å². The number of halogens is 1. The molecule has 0 aliphatic carbocycles. The van der Waals surface area contributed by atoms with Gasteiger partial charge in [0.25, 0.3) is 0 Å². The molecule has 2 amide bonds. The number of carbonyl (C=O) groups is 1. The van der Waals surface area contributed by atoms with Gasteiger partial charge in [-0.2, -0.15) is 0 Å². The number of nitrogens with one attached hydrogen (secondary N) is 1. The first-order valence-electron chi connectivity index (χ1n) is 10.3. The van der Waals surface area contributed by atoms with Gasteiger partial charge in [0.05, 0.1) is 0 Å². The van der Waals surface area contributed by atoms with Crippen LogP contribution in [0.5, 0.6) is 0 Å². The fraction of sp³-hybridized carbons (Fsp3) is 0.333. The molecule has 1 N–H and O–H groups in total. The Kier molecular flexibility index (Phi) is 5.84. The number of aryl methyl sites for hydroxylation is 2. The van der Waals surface area contributed by atoms with Crippen LogP contribution in [-0.2, 0) is 13.1 Å². The summed E-state index contributed by atoms with van der Waals surface area (Å²) in [5.41, 5.74) is 4.40. The number of imidazole rings is 1. The molecule has 3 aromatic rings. The van der Waals surface area contributed by atoms with Crippen molar-refractivity contribution in [1.82, 2.24) is 19.8 Å². The molecule has 5 nitrogen and oxygen atoms in total. The molecule has 4 rings (SSSR count). The van der Waals surface area contributed by atoms with Gasteiger partial charge >= 0.3 is 6.03 Å². The summed E-state index contributed by atoms with van der Waals surface area (Å²) >= 11 is 0. The second kappa shape index (κ2) is 8.69. The monoisotopic (exact) mass is 406 g/mol. The van der Waals surface area contributed by atoms with Gasteiger partial charge in [0.1, 0.15) is 11.6 Å². The van der Waals surface area contributed by atoms with Gasteiger partial charge < -0.3 is 14.8 Å². The van der Waals surface area contributed by atoms with Crippen molar-refractivity contribution in [2.24, 2.45) is 0 Å². The molecule has 156 valence electrons. The topological polar surface area (TPSA) is 50.2 Å². The molecular formula is C24H27FN4O. The summed E-state index contributed by atoms with van der Waals surface area (Å²) in [6.45, 7) is 6.62. The van der Waals surface area contributed by atoms with Crippen molar-refractivity contribution in [3.05, 3.63) is 88.8 Å². The number of hydrogen-bond donors (Lipinski definition) is 1.